The average Bonchev–Trinajstić information content (AvgIpc) is 2.75. The maximum absolute atomic E-state index is 13.4. The van der Waals surface area contributed by atoms with E-state index in [1.54, 1.807) is 12.1 Å². The van der Waals surface area contributed by atoms with Crippen LogP contribution >= 0.6 is 23.2 Å². The topological polar surface area (TPSA) is 75.7 Å². The van der Waals surface area contributed by atoms with E-state index in [0.717, 1.165) is 26.7 Å². The molecule has 0 unspecified atom stereocenters. The lowest BCUT2D eigenvalue weighted by Gasteiger charge is -2.24. The summed E-state index contributed by atoms with van der Waals surface area (Å²) in [7, 11) is -4.06. The van der Waals surface area contributed by atoms with Gasteiger partial charge in [0.25, 0.3) is 10.0 Å². The van der Waals surface area contributed by atoms with Gasteiger partial charge in [-0.05, 0) is 62.7 Å². The second kappa shape index (κ2) is 11.1. The summed E-state index contributed by atoms with van der Waals surface area (Å²) in [6.07, 6.45) is 0. The second-order valence-corrected chi connectivity index (χ2v) is 10.7. The first kappa shape index (κ1) is 25.9. The standard InChI is InChI=1S/C25H26Cl2N2O4S/c1-17-4-7-23(8-5-17)34(31,32)29(22-14-20(26)13-21(27)15-22)16-25(30)28-10-11-33-24-9-6-18(2)12-19(24)3/h4-9,12-15H,10-11,16H2,1-3H3,(H,28,30). The zero-order valence-corrected chi connectivity index (χ0v) is 21.5. The number of halogens is 2. The average molecular weight is 521 g/mol. The van der Waals surface area contributed by atoms with Crippen LogP contribution in [-0.4, -0.2) is 34.0 Å². The molecule has 0 bridgehead atoms. The summed E-state index contributed by atoms with van der Waals surface area (Å²) in [4.78, 5) is 12.8. The number of rotatable bonds is 9. The molecule has 0 fully saturated rings. The Morgan fingerprint density at radius 3 is 2.15 bits per heavy atom. The van der Waals surface area contributed by atoms with Gasteiger partial charge in [0.15, 0.2) is 0 Å². The van der Waals surface area contributed by atoms with E-state index in [9.17, 15) is 13.2 Å². The number of nitrogens with zero attached hydrogens (tertiary/aromatic N) is 1. The number of anilines is 1. The Balaban J connectivity index is 1.74. The maximum Gasteiger partial charge on any atom is 0.264 e. The lowest BCUT2D eigenvalue weighted by atomic mass is 10.1. The minimum absolute atomic E-state index is 0.0557. The monoisotopic (exact) mass is 520 g/mol. The van der Waals surface area contributed by atoms with E-state index >= 15 is 0 Å². The van der Waals surface area contributed by atoms with E-state index in [-0.39, 0.29) is 33.8 Å². The van der Waals surface area contributed by atoms with Gasteiger partial charge in [-0.25, -0.2) is 8.42 Å². The molecule has 0 aliphatic heterocycles. The Kier molecular flexibility index (Phi) is 8.47. The van der Waals surface area contributed by atoms with Crippen molar-refractivity contribution in [3.63, 3.8) is 0 Å². The molecular formula is C25H26Cl2N2O4S. The fraction of sp³-hybridized carbons (Fsp3) is 0.240. The molecule has 180 valence electrons. The highest BCUT2D eigenvalue weighted by Crippen LogP contribution is 2.29. The molecular weight excluding hydrogens is 495 g/mol. The van der Waals surface area contributed by atoms with Crippen molar-refractivity contribution in [1.82, 2.24) is 5.32 Å². The fourth-order valence-corrected chi connectivity index (χ4v) is 5.25. The molecule has 3 aromatic carbocycles. The largest absolute Gasteiger partial charge is 0.491 e. The van der Waals surface area contributed by atoms with Crippen LogP contribution in [0, 0.1) is 20.8 Å². The van der Waals surface area contributed by atoms with Crippen LogP contribution in [0.3, 0.4) is 0 Å². The first-order valence-electron chi connectivity index (χ1n) is 10.6. The second-order valence-electron chi connectivity index (χ2n) is 7.92. The van der Waals surface area contributed by atoms with Crippen molar-refractivity contribution >= 4 is 44.8 Å². The molecule has 6 nitrogen and oxygen atoms in total. The van der Waals surface area contributed by atoms with Crippen molar-refractivity contribution in [2.45, 2.75) is 25.7 Å². The number of sulfonamides is 1. The molecule has 0 saturated heterocycles. The highest BCUT2D eigenvalue weighted by atomic mass is 35.5. The van der Waals surface area contributed by atoms with E-state index in [4.69, 9.17) is 27.9 Å². The predicted molar refractivity (Wildman–Crippen MR) is 137 cm³/mol. The molecule has 0 saturated carbocycles. The van der Waals surface area contributed by atoms with Gasteiger partial charge in [-0.15, -0.1) is 0 Å². The molecule has 1 N–H and O–H groups in total. The number of carbonyl (C=O) groups excluding carboxylic acids is 1. The SMILES string of the molecule is Cc1ccc(S(=O)(=O)N(CC(=O)NCCOc2ccc(C)cc2C)c2cc(Cl)cc(Cl)c2)cc1. The summed E-state index contributed by atoms with van der Waals surface area (Å²) in [5.74, 6) is 0.244. The highest BCUT2D eigenvalue weighted by molar-refractivity contribution is 7.92. The van der Waals surface area contributed by atoms with Gasteiger partial charge in [-0.1, -0.05) is 58.6 Å². The summed E-state index contributed by atoms with van der Waals surface area (Å²) in [5.41, 5.74) is 3.24. The quantitative estimate of drug-likeness (QED) is 0.388. The van der Waals surface area contributed by atoms with E-state index in [1.165, 1.54) is 30.3 Å². The van der Waals surface area contributed by atoms with Gasteiger partial charge < -0.3 is 10.1 Å². The van der Waals surface area contributed by atoms with Crippen LogP contribution in [0.4, 0.5) is 5.69 Å². The Morgan fingerprint density at radius 2 is 1.53 bits per heavy atom. The zero-order valence-electron chi connectivity index (χ0n) is 19.1. The maximum atomic E-state index is 13.4. The molecule has 0 aliphatic carbocycles. The summed E-state index contributed by atoms with van der Waals surface area (Å²) < 4.78 is 33.6. The number of carbonyl (C=O) groups is 1. The van der Waals surface area contributed by atoms with Crippen LogP contribution in [0.1, 0.15) is 16.7 Å². The van der Waals surface area contributed by atoms with Gasteiger partial charge in [-0.2, -0.15) is 0 Å². The number of amides is 1. The molecule has 0 radical (unpaired) electrons. The van der Waals surface area contributed by atoms with Crippen molar-refractivity contribution in [2.24, 2.45) is 0 Å². The predicted octanol–water partition coefficient (Wildman–Crippen LogP) is 5.31. The first-order chi connectivity index (χ1) is 16.1. The zero-order chi connectivity index (χ0) is 24.9. The minimum Gasteiger partial charge on any atom is -0.491 e. The number of hydrogen-bond acceptors (Lipinski definition) is 4. The molecule has 1 amide bonds. The Hall–Kier alpha value is -2.74. The van der Waals surface area contributed by atoms with Crippen LogP contribution in [-0.2, 0) is 14.8 Å². The normalized spacial score (nSPS) is 11.2. The molecule has 3 aromatic rings. The van der Waals surface area contributed by atoms with Crippen LogP contribution < -0.4 is 14.4 Å². The highest BCUT2D eigenvalue weighted by Gasteiger charge is 2.27. The van der Waals surface area contributed by atoms with E-state index in [2.05, 4.69) is 5.32 Å². The van der Waals surface area contributed by atoms with Gasteiger partial charge in [0, 0.05) is 10.0 Å². The molecule has 9 heteroatoms. The van der Waals surface area contributed by atoms with Crippen LogP contribution in [0.5, 0.6) is 5.75 Å². The Labute approximate surface area is 210 Å². The van der Waals surface area contributed by atoms with Crippen molar-refractivity contribution in [1.29, 1.82) is 0 Å². The first-order valence-corrected chi connectivity index (χ1v) is 12.8. The van der Waals surface area contributed by atoms with Gasteiger partial charge in [0.1, 0.15) is 18.9 Å². The third-order valence-electron chi connectivity index (χ3n) is 5.04. The summed E-state index contributed by atoms with van der Waals surface area (Å²) in [6, 6.07) is 16.6. The number of aryl methyl sites for hydroxylation is 3. The molecule has 3 rings (SSSR count). The van der Waals surface area contributed by atoms with Gasteiger partial charge in [0.05, 0.1) is 17.1 Å². The third kappa shape index (κ3) is 6.65. The van der Waals surface area contributed by atoms with Crippen LogP contribution in [0.25, 0.3) is 0 Å². The van der Waals surface area contributed by atoms with Crippen molar-refractivity contribution < 1.29 is 17.9 Å². The molecule has 0 aromatic heterocycles. The van der Waals surface area contributed by atoms with E-state index in [1.807, 2.05) is 39.0 Å². The van der Waals surface area contributed by atoms with Gasteiger partial charge >= 0.3 is 0 Å². The summed E-state index contributed by atoms with van der Waals surface area (Å²) in [6.45, 7) is 5.81. The van der Waals surface area contributed by atoms with Gasteiger partial charge in [-0.3, -0.25) is 9.10 Å². The molecule has 0 spiro atoms. The van der Waals surface area contributed by atoms with Crippen molar-refractivity contribution in [3.8, 4) is 5.75 Å². The number of benzene rings is 3. The smallest absolute Gasteiger partial charge is 0.264 e. The number of ether oxygens (including phenoxy) is 1. The minimum atomic E-state index is -4.06. The Bertz CT molecular complexity index is 1260. The molecule has 0 atom stereocenters. The number of hydrogen-bond donors (Lipinski definition) is 1. The van der Waals surface area contributed by atoms with Gasteiger partial charge in [0.2, 0.25) is 5.91 Å². The van der Waals surface area contributed by atoms with E-state index < -0.39 is 22.5 Å². The molecule has 0 heterocycles. The van der Waals surface area contributed by atoms with E-state index in [0.29, 0.717) is 0 Å². The summed E-state index contributed by atoms with van der Waals surface area (Å²) >= 11 is 12.2. The molecule has 0 aliphatic rings. The summed E-state index contributed by atoms with van der Waals surface area (Å²) in [5, 5.41) is 3.23. The number of nitrogens with one attached hydrogen (secondary N) is 1. The van der Waals surface area contributed by atoms with Crippen molar-refractivity contribution in [3.05, 3.63) is 87.4 Å². The fourth-order valence-electron chi connectivity index (χ4n) is 3.33. The third-order valence-corrected chi connectivity index (χ3v) is 7.27. The van der Waals surface area contributed by atoms with Crippen LogP contribution in [0.2, 0.25) is 10.0 Å². The molecule has 34 heavy (non-hydrogen) atoms. The lowest BCUT2D eigenvalue weighted by molar-refractivity contribution is -0.119. The Morgan fingerprint density at radius 1 is 0.912 bits per heavy atom. The lowest BCUT2D eigenvalue weighted by Crippen LogP contribution is -2.42. The van der Waals surface area contributed by atoms with Crippen LogP contribution in [0.15, 0.2) is 65.6 Å². The van der Waals surface area contributed by atoms with Crippen molar-refractivity contribution in [2.75, 3.05) is 24.0 Å².